The number of carbonyl (C=O) groups excluding carboxylic acids is 1. The Balaban J connectivity index is 1.41. The number of aromatic nitrogens is 2. The molecule has 3 heterocycles. The van der Waals surface area contributed by atoms with Crippen molar-refractivity contribution in [2.24, 2.45) is 5.92 Å². The molecular weight excluding hydrogens is 266 g/mol. The molecule has 0 radical (unpaired) electrons. The first kappa shape index (κ1) is 12.7. The first-order valence-corrected chi connectivity index (χ1v) is 7.64. The minimum atomic E-state index is 0.118. The zero-order valence-electron chi connectivity index (χ0n) is 11.9. The van der Waals surface area contributed by atoms with Crippen LogP contribution < -0.4 is 0 Å². The van der Waals surface area contributed by atoms with Crippen molar-refractivity contribution in [3.63, 3.8) is 0 Å². The average molecular weight is 285 g/mol. The fourth-order valence-electron chi connectivity index (χ4n) is 3.39. The quantitative estimate of drug-likeness (QED) is 0.870. The number of likely N-dealkylation sites (tertiary alicyclic amines) is 1. The lowest BCUT2D eigenvalue weighted by Crippen LogP contribution is -2.41. The van der Waals surface area contributed by atoms with Crippen molar-refractivity contribution in [2.45, 2.75) is 31.2 Å². The molecule has 1 saturated heterocycles. The molecule has 5 nitrogen and oxygen atoms in total. The van der Waals surface area contributed by atoms with E-state index in [1.807, 2.05) is 34.0 Å². The number of rotatable bonds is 3. The van der Waals surface area contributed by atoms with Crippen LogP contribution in [0, 0.1) is 5.92 Å². The molecule has 0 unspecified atom stereocenters. The summed E-state index contributed by atoms with van der Waals surface area (Å²) in [7, 11) is 0. The van der Waals surface area contributed by atoms with Crippen molar-refractivity contribution in [1.82, 2.24) is 14.7 Å². The predicted octanol–water partition coefficient (Wildman–Crippen LogP) is 2.44. The lowest BCUT2D eigenvalue weighted by Gasteiger charge is -2.33. The highest BCUT2D eigenvalue weighted by Crippen LogP contribution is 2.49. The topological polar surface area (TPSA) is 51.3 Å². The average Bonchev–Trinajstić information content (AvgIpc) is 2.98. The van der Waals surface area contributed by atoms with E-state index in [-0.39, 0.29) is 17.7 Å². The van der Waals surface area contributed by atoms with Gasteiger partial charge in [-0.15, -0.1) is 0 Å². The van der Waals surface area contributed by atoms with Crippen LogP contribution in [0.15, 0.2) is 41.3 Å². The van der Waals surface area contributed by atoms with Crippen LogP contribution in [0.1, 0.15) is 37.0 Å². The molecule has 0 aromatic carbocycles. The van der Waals surface area contributed by atoms with Gasteiger partial charge in [-0.05, 0) is 37.5 Å². The van der Waals surface area contributed by atoms with Crippen molar-refractivity contribution < 1.29 is 9.21 Å². The van der Waals surface area contributed by atoms with Crippen LogP contribution in [0.2, 0.25) is 0 Å². The van der Waals surface area contributed by atoms with Crippen LogP contribution in [-0.4, -0.2) is 33.7 Å². The monoisotopic (exact) mass is 285 g/mol. The third-order valence-electron chi connectivity index (χ3n) is 4.62. The second kappa shape index (κ2) is 5.06. The maximum absolute atomic E-state index is 12.6. The van der Waals surface area contributed by atoms with Crippen LogP contribution in [0.5, 0.6) is 0 Å². The van der Waals surface area contributed by atoms with Gasteiger partial charge in [0.2, 0.25) is 5.91 Å². The molecule has 2 aromatic heterocycles. The molecule has 1 amide bonds. The Hall–Kier alpha value is -2.04. The molecule has 4 rings (SSSR count). The van der Waals surface area contributed by atoms with E-state index in [4.69, 9.17) is 4.42 Å². The Bertz CT molecular complexity index is 606. The zero-order valence-corrected chi connectivity index (χ0v) is 11.9. The molecular formula is C16H19N3O2. The minimum absolute atomic E-state index is 0.118. The zero-order chi connectivity index (χ0) is 14.2. The van der Waals surface area contributed by atoms with E-state index in [0.29, 0.717) is 6.04 Å². The number of hydrogen-bond donors (Lipinski definition) is 0. The van der Waals surface area contributed by atoms with Crippen molar-refractivity contribution in [2.75, 3.05) is 13.1 Å². The Morgan fingerprint density at radius 3 is 3.10 bits per heavy atom. The van der Waals surface area contributed by atoms with Crippen molar-refractivity contribution in [3.05, 3.63) is 42.6 Å². The van der Waals surface area contributed by atoms with E-state index < -0.39 is 0 Å². The number of piperidine rings is 1. The van der Waals surface area contributed by atoms with Crippen LogP contribution in [0.4, 0.5) is 0 Å². The standard InChI is InChI=1S/C16H19N3O2/c20-16(14-10-13(14)15-5-2-9-21-15)18-7-1-4-12(11-18)19-8-3-6-17-19/h2-3,5-6,8-9,12-14H,1,4,7,10-11H2/t12-,13+,14-/m1/s1. The van der Waals surface area contributed by atoms with Gasteiger partial charge in [-0.2, -0.15) is 5.10 Å². The molecule has 1 saturated carbocycles. The van der Waals surface area contributed by atoms with Gasteiger partial charge in [0.1, 0.15) is 5.76 Å². The fraction of sp³-hybridized carbons (Fsp3) is 0.500. The van der Waals surface area contributed by atoms with Gasteiger partial charge in [-0.1, -0.05) is 0 Å². The number of furan rings is 1. The third kappa shape index (κ3) is 2.37. The number of nitrogens with zero attached hydrogens (tertiary/aromatic N) is 3. The molecule has 0 N–H and O–H groups in total. The summed E-state index contributed by atoms with van der Waals surface area (Å²) in [6.45, 7) is 1.65. The third-order valence-corrected chi connectivity index (χ3v) is 4.62. The van der Waals surface area contributed by atoms with E-state index in [9.17, 15) is 4.79 Å². The van der Waals surface area contributed by atoms with E-state index >= 15 is 0 Å². The second-order valence-corrected chi connectivity index (χ2v) is 6.03. The lowest BCUT2D eigenvalue weighted by molar-refractivity contribution is -0.134. The number of carbonyl (C=O) groups is 1. The summed E-state index contributed by atoms with van der Waals surface area (Å²) in [5.74, 6) is 1.65. The molecule has 1 aliphatic heterocycles. The summed E-state index contributed by atoms with van der Waals surface area (Å²) in [6, 6.07) is 6.12. The van der Waals surface area contributed by atoms with Crippen LogP contribution in [-0.2, 0) is 4.79 Å². The summed E-state index contributed by atoms with van der Waals surface area (Å²) in [6.07, 6.45) is 8.54. The minimum Gasteiger partial charge on any atom is -0.469 e. The molecule has 1 aliphatic carbocycles. The van der Waals surface area contributed by atoms with Crippen LogP contribution in [0.25, 0.3) is 0 Å². The van der Waals surface area contributed by atoms with Gasteiger partial charge in [0.15, 0.2) is 0 Å². The summed E-state index contributed by atoms with van der Waals surface area (Å²) >= 11 is 0. The van der Waals surface area contributed by atoms with Gasteiger partial charge in [-0.3, -0.25) is 9.48 Å². The van der Waals surface area contributed by atoms with Crippen LogP contribution >= 0.6 is 0 Å². The smallest absolute Gasteiger partial charge is 0.226 e. The molecule has 2 fully saturated rings. The van der Waals surface area contributed by atoms with Crippen molar-refractivity contribution in [3.8, 4) is 0 Å². The highest BCUT2D eigenvalue weighted by atomic mass is 16.3. The van der Waals surface area contributed by atoms with E-state index in [1.54, 1.807) is 12.5 Å². The second-order valence-electron chi connectivity index (χ2n) is 6.03. The normalized spacial score (nSPS) is 28.6. The molecule has 0 spiro atoms. The first-order valence-electron chi connectivity index (χ1n) is 7.64. The largest absolute Gasteiger partial charge is 0.469 e. The Morgan fingerprint density at radius 2 is 2.33 bits per heavy atom. The molecule has 5 heteroatoms. The van der Waals surface area contributed by atoms with Gasteiger partial charge in [-0.25, -0.2) is 0 Å². The Kier molecular flexibility index (Phi) is 3.05. The maximum atomic E-state index is 12.6. The summed E-state index contributed by atoms with van der Waals surface area (Å²) < 4.78 is 7.40. The Morgan fingerprint density at radius 1 is 1.38 bits per heavy atom. The molecule has 21 heavy (non-hydrogen) atoms. The number of amides is 1. The Labute approximate surface area is 123 Å². The predicted molar refractivity (Wildman–Crippen MR) is 76.6 cm³/mol. The molecule has 2 aromatic rings. The van der Waals surface area contributed by atoms with Gasteiger partial charge >= 0.3 is 0 Å². The fourth-order valence-corrected chi connectivity index (χ4v) is 3.39. The van der Waals surface area contributed by atoms with E-state index in [1.165, 1.54) is 0 Å². The summed E-state index contributed by atoms with van der Waals surface area (Å²) in [4.78, 5) is 14.7. The maximum Gasteiger partial charge on any atom is 0.226 e. The molecule has 2 aliphatic rings. The van der Waals surface area contributed by atoms with Gasteiger partial charge in [0.05, 0.1) is 12.3 Å². The van der Waals surface area contributed by atoms with Gasteiger partial charge in [0, 0.05) is 37.3 Å². The number of hydrogen-bond acceptors (Lipinski definition) is 3. The van der Waals surface area contributed by atoms with Crippen LogP contribution in [0.3, 0.4) is 0 Å². The first-order chi connectivity index (χ1) is 10.3. The lowest BCUT2D eigenvalue weighted by atomic mass is 10.1. The highest BCUT2D eigenvalue weighted by Gasteiger charge is 2.48. The summed E-state index contributed by atoms with van der Waals surface area (Å²) in [5, 5.41) is 4.31. The highest BCUT2D eigenvalue weighted by molar-refractivity contribution is 5.83. The molecule has 3 atom stereocenters. The van der Waals surface area contributed by atoms with Gasteiger partial charge < -0.3 is 9.32 Å². The van der Waals surface area contributed by atoms with Crippen molar-refractivity contribution >= 4 is 5.91 Å². The summed E-state index contributed by atoms with van der Waals surface area (Å²) in [5.41, 5.74) is 0. The van der Waals surface area contributed by atoms with E-state index in [2.05, 4.69) is 5.10 Å². The molecule has 110 valence electrons. The van der Waals surface area contributed by atoms with Gasteiger partial charge in [0.25, 0.3) is 0 Å². The van der Waals surface area contributed by atoms with E-state index in [0.717, 1.165) is 38.1 Å². The SMILES string of the molecule is O=C([C@@H]1C[C@@H]1c1ccco1)N1CCC[C@@H](n2cccn2)C1. The van der Waals surface area contributed by atoms with Crippen molar-refractivity contribution in [1.29, 1.82) is 0 Å². The molecule has 0 bridgehead atoms.